The van der Waals surface area contributed by atoms with E-state index in [0.29, 0.717) is 25.3 Å². The molecule has 0 saturated heterocycles. The molecule has 0 radical (unpaired) electrons. The van der Waals surface area contributed by atoms with E-state index in [1.807, 2.05) is 65.8 Å². The number of carbonyl (C=O) groups excluding carboxylic acids is 2. The number of nitrogens with two attached hydrogens (primary N) is 1. The van der Waals surface area contributed by atoms with E-state index in [-0.39, 0.29) is 31.5 Å². The van der Waals surface area contributed by atoms with Crippen molar-refractivity contribution < 1.29 is 33.3 Å². The lowest BCUT2D eigenvalue weighted by Gasteiger charge is -2.37. The van der Waals surface area contributed by atoms with E-state index < -0.39 is 28.7 Å². The lowest BCUT2D eigenvalue weighted by molar-refractivity contribution is -0.201. The molecule has 0 saturated carbocycles. The van der Waals surface area contributed by atoms with Crippen LogP contribution in [0.4, 0.5) is 0 Å². The summed E-state index contributed by atoms with van der Waals surface area (Å²) < 4.78 is 29.0. The molecular weight excluding hydrogens is 522 g/mol. The summed E-state index contributed by atoms with van der Waals surface area (Å²) in [5.74, 6) is -0.731. The van der Waals surface area contributed by atoms with Gasteiger partial charge in [0.1, 0.15) is 24.4 Å². The summed E-state index contributed by atoms with van der Waals surface area (Å²) >= 11 is 5.85. The van der Waals surface area contributed by atoms with E-state index in [9.17, 15) is 9.59 Å². The molecule has 1 aromatic carbocycles. The van der Waals surface area contributed by atoms with Gasteiger partial charge < -0.3 is 29.4 Å². The van der Waals surface area contributed by atoms with Gasteiger partial charge in [0, 0.05) is 12.3 Å². The molecule has 9 heteroatoms. The van der Waals surface area contributed by atoms with Gasteiger partial charge in [-0.15, -0.1) is 11.6 Å². The third-order valence-corrected chi connectivity index (χ3v) is 6.83. The Kier molecular flexibility index (Phi) is 13.9. The maximum Gasteiger partial charge on any atom is 0.338 e. The molecule has 39 heavy (non-hydrogen) atoms. The van der Waals surface area contributed by atoms with Gasteiger partial charge >= 0.3 is 11.9 Å². The van der Waals surface area contributed by atoms with Crippen molar-refractivity contribution in [1.82, 2.24) is 0 Å². The summed E-state index contributed by atoms with van der Waals surface area (Å²) in [7, 11) is 0. The van der Waals surface area contributed by atoms with Crippen molar-refractivity contribution in [3.05, 3.63) is 35.4 Å². The molecule has 1 rings (SSSR count). The molecular formula is C30H50ClNO7. The van der Waals surface area contributed by atoms with Gasteiger partial charge in [0.2, 0.25) is 0 Å². The number of benzene rings is 1. The minimum Gasteiger partial charge on any atom is -0.462 e. The SMILES string of the molecule is CCC(C)OCC(C)(COC(=O)C(C)(CC)OC(C)(N)CCOC(C)(C)C)C(=O)OCc1ccc(CCl)cc1. The summed E-state index contributed by atoms with van der Waals surface area (Å²) in [4.78, 5) is 26.5. The fourth-order valence-corrected chi connectivity index (χ4v) is 3.59. The van der Waals surface area contributed by atoms with E-state index >= 15 is 0 Å². The van der Waals surface area contributed by atoms with Crippen LogP contribution in [-0.4, -0.2) is 54.8 Å². The molecule has 0 spiro atoms. The molecule has 4 atom stereocenters. The molecule has 8 nitrogen and oxygen atoms in total. The van der Waals surface area contributed by atoms with Gasteiger partial charge in [-0.2, -0.15) is 0 Å². The van der Waals surface area contributed by atoms with E-state index in [1.54, 1.807) is 20.8 Å². The average molecular weight is 572 g/mol. The minimum atomic E-state index is -1.32. The van der Waals surface area contributed by atoms with Crippen molar-refractivity contribution in [2.75, 3.05) is 19.8 Å². The molecule has 2 N–H and O–H groups in total. The van der Waals surface area contributed by atoms with E-state index in [1.165, 1.54) is 0 Å². The molecule has 0 bridgehead atoms. The van der Waals surface area contributed by atoms with Crippen molar-refractivity contribution in [3.8, 4) is 0 Å². The number of hydrogen-bond donors (Lipinski definition) is 1. The van der Waals surface area contributed by atoms with Gasteiger partial charge in [-0.25, -0.2) is 4.79 Å². The number of carbonyl (C=O) groups is 2. The van der Waals surface area contributed by atoms with Crippen molar-refractivity contribution in [1.29, 1.82) is 0 Å². The summed E-state index contributed by atoms with van der Waals surface area (Å²) in [5, 5.41) is 0. The highest BCUT2D eigenvalue weighted by Gasteiger charge is 2.43. The number of ether oxygens (including phenoxy) is 5. The first kappa shape index (κ1) is 35.3. The summed E-state index contributed by atoms with van der Waals surface area (Å²) in [6, 6.07) is 7.49. The summed E-state index contributed by atoms with van der Waals surface area (Å²) in [5.41, 5.74) is 4.18. The maximum absolute atomic E-state index is 13.3. The van der Waals surface area contributed by atoms with Crippen molar-refractivity contribution in [2.45, 2.75) is 117 Å². The minimum absolute atomic E-state index is 0.0295. The van der Waals surface area contributed by atoms with Crippen molar-refractivity contribution in [3.63, 3.8) is 0 Å². The van der Waals surface area contributed by atoms with E-state index in [2.05, 4.69) is 0 Å². The Morgan fingerprint density at radius 1 is 0.923 bits per heavy atom. The summed E-state index contributed by atoms with van der Waals surface area (Å²) in [6.07, 6.45) is 1.40. The highest BCUT2D eigenvalue weighted by atomic mass is 35.5. The molecule has 0 aliphatic rings. The standard InChI is InChI=1S/C30H50ClNO7/c1-10-22(3)36-20-28(7,25(33)35-19-24-14-12-23(18-31)13-15-24)21-37-26(34)29(8,11-2)39-30(9,32)16-17-38-27(4,5)6/h12-15,22H,10-11,16-21,32H2,1-9H3. The monoisotopic (exact) mass is 571 g/mol. The van der Waals surface area contributed by atoms with Crippen LogP contribution >= 0.6 is 11.6 Å². The number of hydrogen-bond acceptors (Lipinski definition) is 8. The van der Waals surface area contributed by atoms with Gasteiger partial charge in [-0.3, -0.25) is 4.79 Å². The van der Waals surface area contributed by atoms with Crippen LogP contribution in [0.25, 0.3) is 0 Å². The molecule has 0 fully saturated rings. The first-order chi connectivity index (χ1) is 18.0. The van der Waals surface area contributed by atoms with Crippen molar-refractivity contribution >= 4 is 23.5 Å². The van der Waals surface area contributed by atoms with Gasteiger partial charge in [-0.1, -0.05) is 38.1 Å². The first-order valence-electron chi connectivity index (χ1n) is 13.7. The molecule has 0 aliphatic heterocycles. The predicted octanol–water partition coefficient (Wildman–Crippen LogP) is 5.90. The molecule has 0 aliphatic carbocycles. The molecule has 1 aromatic rings. The van der Waals surface area contributed by atoms with Gasteiger partial charge in [0.25, 0.3) is 0 Å². The lowest BCUT2D eigenvalue weighted by atomic mass is 9.92. The molecule has 4 unspecified atom stereocenters. The van der Waals surface area contributed by atoms with Crippen molar-refractivity contribution in [2.24, 2.45) is 11.1 Å². The third-order valence-electron chi connectivity index (χ3n) is 6.52. The molecule has 0 amide bonds. The normalized spacial score (nSPS) is 17.4. The van der Waals surface area contributed by atoms with Crippen LogP contribution in [0.2, 0.25) is 0 Å². The third kappa shape index (κ3) is 12.6. The molecule has 0 heterocycles. The number of rotatable bonds is 17. The lowest BCUT2D eigenvalue weighted by Crippen LogP contribution is -2.53. The Bertz CT molecular complexity index is 900. The fourth-order valence-electron chi connectivity index (χ4n) is 3.41. The Labute approximate surface area is 240 Å². The zero-order valence-corrected chi connectivity index (χ0v) is 26.1. The molecule has 0 aromatic heterocycles. The van der Waals surface area contributed by atoms with Crippen LogP contribution < -0.4 is 5.73 Å². The quantitative estimate of drug-likeness (QED) is 0.140. The average Bonchev–Trinajstić information content (AvgIpc) is 2.87. The van der Waals surface area contributed by atoms with Gasteiger partial charge in [0.15, 0.2) is 5.60 Å². The van der Waals surface area contributed by atoms with Crippen LogP contribution in [0, 0.1) is 5.41 Å². The second-order valence-electron chi connectivity index (χ2n) is 11.9. The molecule has 224 valence electrons. The number of esters is 2. The van der Waals surface area contributed by atoms with Crippen LogP contribution in [0.15, 0.2) is 24.3 Å². The Morgan fingerprint density at radius 2 is 1.51 bits per heavy atom. The summed E-state index contributed by atoms with van der Waals surface area (Å²) in [6.45, 7) is 16.9. The smallest absolute Gasteiger partial charge is 0.338 e. The van der Waals surface area contributed by atoms with Gasteiger partial charge in [-0.05, 0) is 72.4 Å². The zero-order chi connectivity index (χ0) is 29.9. The number of halogens is 1. The second kappa shape index (κ2) is 15.3. The maximum atomic E-state index is 13.3. The fraction of sp³-hybridized carbons (Fsp3) is 0.733. The Balaban J connectivity index is 2.92. The second-order valence-corrected chi connectivity index (χ2v) is 12.2. The number of alkyl halides is 1. The van der Waals surface area contributed by atoms with E-state index in [4.69, 9.17) is 41.0 Å². The van der Waals surface area contributed by atoms with Gasteiger partial charge in [0.05, 0.1) is 24.9 Å². The Hall–Kier alpha value is -1.71. The largest absolute Gasteiger partial charge is 0.462 e. The predicted molar refractivity (Wildman–Crippen MR) is 153 cm³/mol. The zero-order valence-electron chi connectivity index (χ0n) is 25.4. The topological polar surface area (TPSA) is 106 Å². The van der Waals surface area contributed by atoms with Crippen LogP contribution in [-0.2, 0) is 45.8 Å². The highest BCUT2D eigenvalue weighted by molar-refractivity contribution is 6.17. The highest BCUT2D eigenvalue weighted by Crippen LogP contribution is 2.28. The van der Waals surface area contributed by atoms with E-state index in [0.717, 1.165) is 17.5 Å². The van der Waals surface area contributed by atoms with Crippen LogP contribution in [0.3, 0.4) is 0 Å². The van der Waals surface area contributed by atoms with Crippen LogP contribution in [0.1, 0.15) is 92.7 Å². The van der Waals surface area contributed by atoms with Crippen LogP contribution in [0.5, 0.6) is 0 Å². The Morgan fingerprint density at radius 3 is 2.03 bits per heavy atom. The first-order valence-corrected chi connectivity index (χ1v) is 14.3.